The highest BCUT2D eigenvalue weighted by atomic mass is 19.3. The van der Waals surface area contributed by atoms with E-state index in [9.17, 15) is 14.0 Å². The average molecular weight is 466 g/mol. The first-order valence-corrected chi connectivity index (χ1v) is 10.8. The van der Waals surface area contributed by atoms with Crippen LogP contribution in [0.2, 0.25) is 0 Å². The molecule has 34 heavy (non-hydrogen) atoms. The minimum Gasteiger partial charge on any atom is -0.456 e. The Labute approximate surface area is 196 Å². The molecule has 8 nitrogen and oxygen atoms in total. The number of nitrogens with two attached hydrogens (primary N) is 1. The van der Waals surface area contributed by atoms with Gasteiger partial charge in [0.1, 0.15) is 23.4 Å². The first kappa shape index (κ1) is 23.5. The number of aromatic nitrogens is 3. The number of benzene rings is 1. The second-order valence-corrected chi connectivity index (χ2v) is 7.87. The van der Waals surface area contributed by atoms with Crippen molar-refractivity contribution in [1.29, 1.82) is 5.26 Å². The van der Waals surface area contributed by atoms with E-state index in [1.165, 1.54) is 0 Å². The van der Waals surface area contributed by atoms with Gasteiger partial charge in [-0.2, -0.15) is 5.26 Å². The normalized spacial score (nSPS) is 15.9. The number of ether oxygens (including phenoxy) is 2. The number of nitriles is 1. The summed E-state index contributed by atoms with van der Waals surface area (Å²) < 4.78 is 37.7. The molecule has 10 heteroatoms. The second-order valence-electron chi connectivity index (χ2n) is 7.87. The number of anilines is 1. The van der Waals surface area contributed by atoms with Crippen LogP contribution in [0.25, 0.3) is 11.4 Å². The van der Waals surface area contributed by atoms with Crippen molar-refractivity contribution < 1.29 is 18.3 Å². The Balaban J connectivity index is 1.65. The molecule has 0 bridgehead atoms. The third-order valence-electron chi connectivity index (χ3n) is 5.33. The van der Waals surface area contributed by atoms with Gasteiger partial charge in [0.15, 0.2) is 5.82 Å². The summed E-state index contributed by atoms with van der Waals surface area (Å²) in [6.07, 6.45) is 0.354. The van der Waals surface area contributed by atoms with E-state index in [0.29, 0.717) is 59.5 Å². The van der Waals surface area contributed by atoms with Crippen molar-refractivity contribution in [2.75, 3.05) is 31.1 Å². The Morgan fingerprint density at radius 1 is 1.26 bits per heavy atom. The predicted octanol–water partition coefficient (Wildman–Crippen LogP) is 3.48. The Bertz CT molecular complexity index is 1180. The van der Waals surface area contributed by atoms with Crippen molar-refractivity contribution in [3.8, 4) is 29.0 Å². The lowest BCUT2D eigenvalue weighted by Gasteiger charge is -2.33. The number of halogens is 2. The van der Waals surface area contributed by atoms with Crippen molar-refractivity contribution in [2.45, 2.75) is 25.9 Å². The Morgan fingerprint density at radius 3 is 2.76 bits per heavy atom. The molecule has 176 valence electrons. The highest BCUT2D eigenvalue weighted by Gasteiger charge is 2.29. The fraction of sp³-hybridized carbons (Fsp3) is 0.333. The minimum atomic E-state index is -2.57. The van der Waals surface area contributed by atoms with Gasteiger partial charge >= 0.3 is 0 Å². The smallest absolute Gasteiger partial charge is 0.266 e. The molecule has 1 aromatic carbocycles. The monoisotopic (exact) mass is 466 g/mol. The molecule has 0 aliphatic carbocycles. The topological polar surface area (TPSA) is 110 Å². The SMILES string of the molecule is Cc1cc(Oc2cc(C#N)ccc2-c2ncc(CCN)cn2)cc(N2CCO[C@H](C(F)F)C2)n1. The fourth-order valence-corrected chi connectivity index (χ4v) is 3.65. The molecule has 2 N–H and O–H groups in total. The molecule has 1 fully saturated rings. The number of nitrogens with zero attached hydrogens (tertiary/aromatic N) is 5. The molecule has 1 saturated heterocycles. The van der Waals surface area contributed by atoms with Gasteiger partial charge < -0.3 is 20.1 Å². The Kier molecular flexibility index (Phi) is 7.25. The van der Waals surface area contributed by atoms with Crippen LogP contribution in [0.5, 0.6) is 11.5 Å². The first-order valence-electron chi connectivity index (χ1n) is 10.8. The minimum absolute atomic E-state index is 0.0334. The molecule has 3 aromatic rings. The summed E-state index contributed by atoms with van der Waals surface area (Å²) in [6.45, 7) is 2.96. The zero-order chi connectivity index (χ0) is 24.1. The van der Waals surface area contributed by atoms with Crippen molar-refractivity contribution in [1.82, 2.24) is 15.0 Å². The van der Waals surface area contributed by atoms with E-state index in [1.807, 2.05) is 0 Å². The van der Waals surface area contributed by atoms with Crippen LogP contribution in [0.1, 0.15) is 16.8 Å². The maximum absolute atomic E-state index is 13.2. The van der Waals surface area contributed by atoms with Crippen LogP contribution in [0.4, 0.5) is 14.6 Å². The molecule has 4 rings (SSSR count). The Hall–Kier alpha value is -3.68. The van der Waals surface area contributed by atoms with E-state index in [4.69, 9.17) is 15.2 Å². The lowest BCUT2D eigenvalue weighted by atomic mass is 10.1. The van der Waals surface area contributed by atoms with E-state index < -0.39 is 12.5 Å². The third kappa shape index (κ3) is 5.44. The van der Waals surface area contributed by atoms with E-state index in [-0.39, 0.29) is 13.2 Å². The molecule has 1 aliphatic rings. The number of morpholine rings is 1. The molecular formula is C24H24F2N6O2. The van der Waals surface area contributed by atoms with E-state index >= 15 is 0 Å². The van der Waals surface area contributed by atoms with Gasteiger partial charge in [0.2, 0.25) is 0 Å². The number of hydrogen-bond acceptors (Lipinski definition) is 8. The molecule has 1 atom stereocenters. The summed E-state index contributed by atoms with van der Waals surface area (Å²) >= 11 is 0. The molecule has 0 amide bonds. The van der Waals surface area contributed by atoms with Gasteiger partial charge in [-0.25, -0.2) is 23.7 Å². The number of pyridine rings is 1. The third-order valence-corrected chi connectivity index (χ3v) is 5.33. The lowest BCUT2D eigenvalue weighted by molar-refractivity contribution is -0.0615. The molecule has 2 aromatic heterocycles. The predicted molar refractivity (Wildman–Crippen MR) is 122 cm³/mol. The molecule has 0 unspecified atom stereocenters. The zero-order valence-corrected chi connectivity index (χ0v) is 18.6. The van der Waals surface area contributed by atoms with Crippen molar-refractivity contribution in [2.24, 2.45) is 5.73 Å². The molecule has 0 radical (unpaired) electrons. The molecule has 0 spiro atoms. The first-order chi connectivity index (χ1) is 16.5. The summed E-state index contributed by atoms with van der Waals surface area (Å²) in [7, 11) is 0. The standard InChI is InChI=1S/C24H24F2N6O2/c1-15-8-18(10-22(31-15)32-6-7-33-21(14-32)23(25)26)34-20-9-16(11-28)2-3-19(20)24-29-12-17(4-5-27)13-30-24/h2-3,8-10,12-13,21,23H,4-7,14,27H2,1H3/t21-/m0/s1. The fourth-order valence-electron chi connectivity index (χ4n) is 3.65. The van der Waals surface area contributed by atoms with Gasteiger partial charge in [0.05, 0.1) is 30.3 Å². The van der Waals surface area contributed by atoms with Crippen LogP contribution in [-0.2, 0) is 11.2 Å². The van der Waals surface area contributed by atoms with Gasteiger partial charge in [-0.1, -0.05) is 0 Å². The van der Waals surface area contributed by atoms with E-state index in [1.54, 1.807) is 54.5 Å². The molecule has 0 saturated carbocycles. The van der Waals surface area contributed by atoms with Crippen LogP contribution < -0.4 is 15.4 Å². The highest BCUT2D eigenvalue weighted by Crippen LogP contribution is 2.34. The lowest BCUT2D eigenvalue weighted by Crippen LogP contribution is -2.46. The highest BCUT2D eigenvalue weighted by molar-refractivity contribution is 5.66. The second kappa shape index (κ2) is 10.5. The van der Waals surface area contributed by atoms with Crippen LogP contribution in [-0.4, -0.2) is 53.7 Å². The van der Waals surface area contributed by atoms with Gasteiger partial charge in [0.25, 0.3) is 6.43 Å². The Morgan fingerprint density at radius 2 is 2.06 bits per heavy atom. The van der Waals surface area contributed by atoms with E-state index in [2.05, 4.69) is 21.0 Å². The molecule has 3 heterocycles. The zero-order valence-electron chi connectivity index (χ0n) is 18.6. The van der Waals surface area contributed by atoms with Crippen LogP contribution in [0.3, 0.4) is 0 Å². The summed E-state index contributed by atoms with van der Waals surface area (Å²) in [5.74, 6) is 1.82. The molecular weight excluding hydrogens is 442 g/mol. The quantitative estimate of drug-likeness (QED) is 0.564. The van der Waals surface area contributed by atoms with Crippen LogP contribution >= 0.6 is 0 Å². The van der Waals surface area contributed by atoms with Gasteiger partial charge in [0, 0.05) is 36.8 Å². The number of hydrogen-bond donors (Lipinski definition) is 1. The number of rotatable bonds is 7. The van der Waals surface area contributed by atoms with Crippen LogP contribution in [0.15, 0.2) is 42.7 Å². The maximum atomic E-state index is 13.2. The van der Waals surface area contributed by atoms with Crippen LogP contribution in [0, 0.1) is 18.3 Å². The number of aryl methyl sites for hydroxylation is 1. The van der Waals surface area contributed by atoms with E-state index in [0.717, 1.165) is 5.56 Å². The van der Waals surface area contributed by atoms with Crippen molar-refractivity contribution >= 4 is 5.82 Å². The largest absolute Gasteiger partial charge is 0.456 e. The summed E-state index contributed by atoms with van der Waals surface area (Å²) in [5, 5.41) is 9.37. The summed E-state index contributed by atoms with van der Waals surface area (Å²) in [6, 6.07) is 10.5. The van der Waals surface area contributed by atoms with Crippen molar-refractivity contribution in [3.63, 3.8) is 0 Å². The average Bonchev–Trinajstić information content (AvgIpc) is 2.84. The number of alkyl halides is 2. The van der Waals surface area contributed by atoms with Gasteiger partial charge in [-0.15, -0.1) is 0 Å². The van der Waals surface area contributed by atoms with Crippen molar-refractivity contribution in [3.05, 3.63) is 59.5 Å². The van der Waals surface area contributed by atoms with Gasteiger partial charge in [-0.05, 0) is 43.7 Å². The molecule has 1 aliphatic heterocycles. The summed E-state index contributed by atoms with van der Waals surface area (Å²) in [4.78, 5) is 15.1. The van der Waals surface area contributed by atoms with Gasteiger partial charge in [-0.3, -0.25) is 0 Å². The maximum Gasteiger partial charge on any atom is 0.266 e. The summed E-state index contributed by atoms with van der Waals surface area (Å²) in [5.41, 5.74) is 8.20.